The number of unbranched alkanes of at least 4 members (excludes halogenated alkanes) is 1. The molecule has 3 rings (SSSR count). The van der Waals surface area contributed by atoms with Crippen LogP contribution in [0.3, 0.4) is 0 Å². The summed E-state index contributed by atoms with van der Waals surface area (Å²) in [4.78, 5) is 28.3. The molecular formula is C17H23N4O3+. The number of quaternary nitrogens is 1. The minimum Gasteiger partial charge on any atom is -0.497 e. The van der Waals surface area contributed by atoms with Crippen LogP contribution in [0.4, 0.5) is 5.82 Å². The summed E-state index contributed by atoms with van der Waals surface area (Å²) in [6.07, 6.45) is 2.24. The number of H-pyrrole nitrogens is 1. The van der Waals surface area contributed by atoms with Crippen molar-refractivity contribution in [3.05, 3.63) is 50.7 Å². The topological polar surface area (TPSA) is 80.6 Å². The fraction of sp³-hybridized carbons (Fsp3) is 0.412. The minimum absolute atomic E-state index is 0.305. The van der Waals surface area contributed by atoms with E-state index < -0.39 is 5.69 Å². The Labute approximate surface area is 139 Å². The molecule has 1 aliphatic heterocycles. The van der Waals surface area contributed by atoms with Gasteiger partial charge in [0, 0.05) is 0 Å². The van der Waals surface area contributed by atoms with Crippen molar-refractivity contribution in [1.82, 2.24) is 9.55 Å². The lowest BCUT2D eigenvalue weighted by atomic mass is 10.2. The van der Waals surface area contributed by atoms with Crippen molar-refractivity contribution in [2.45, 2.75) is 26.3 Å². The first-order valence-electron chi connectivity index (χ1n) is 8.24. The molecule has 24 heavy (non-hydrogen) atoms. The summed E-state index contributed by atoms with van der Waals surface area (Å²) in [5, 5.41) is 3.27. The number of nitrogens with one attached hydrogen (secondary N) is 3. The van der Waals surface area contributed by atoms with Gasteiger partial charge in [-0.25, -0.2) is 9.36 Å². The Morgan fingerprint density at radius 2 is 2.00 bits per heavy atom. The number of nitrogens with zero attached hydrogens (tertiary/aromatic N) is 1. The number of hydrogen-bond donors (Lipinski definition) is 3. The molecule has 0 fully saturated rings. The molecule has 0 amide bonds. The molecule has 1 unspecified atom stereocenters. The first kappa shape index (κ1) is 16.3. The molecule has 1 aromatic carbocycles. The molecule has 128 valence electrons. The molecule has 1 aliphatic rings. The molecule has 7 nitrogen and oxygen atoms in total. The van der Waals surface area contributed by atoms with E-state index >= 15 is 0 Å². The number of aromatic amines is 1. The highest BCUT2D eigenvalue weighted by Gasteiger charge is 2.25. The van der Waals surface area contributed by atoms with E-state index in [1.54, 1.807) is 31.4 Å². The van der Waals surface area contributed by atoms with Crippen LogP contribution in [-0.2, 0) is 6.54 Å². The lowest BCUT2D eigenvalue weighted by molar-refractivity contribution is -0.912. The van der Waals surface area contributed by atoms with Crippen molar-refractivity contribution in [2.75, 3.05) is 25.6 Å². The van der Waals surface area contributed by atoms with Gasteiger partial charge in [-0.1, -0.05) is 13.3 Å². The number of fused-ring (bicyclic) bond motifs is 1. The van der Waals surface area contributed by atoms with Crippen LogP contribution in [0.15, 0.2) is 33.9 Å². The molecule has 1 atom stereocenters. The number of methoxy groups -OCH3 is 1. The van der Waals surface area contributed by atoms with Gasteiger partial charge >= 0.3 is 5.69 Å². The molecule has 7 heteroatoms. The smallest absolute Gasteiger partial charge is 0.334 e. The molecule has 0 saturated heterocycles. The van der Waals surface area contributed by atoms with E-state index in [0.717, 1.165) is 19.4 Å². The van der Waals surface area contributed by atoms with Gasteiger partial charge in [0.2, 0.25) is 0 Å². The fourth-order valence-electron chi connectivity index (χ4n) is 3.02. The van der Waals surface area contributed by atoms with E-state index in [4.69, 9.17) is 4.74 Å². The Hall–Kier alpha value is -2.54. The number of ether oxygens (including phenoxy) is 1. The van der Waals surface area contributed by atoms with Crippen molar-refractivity contribution in [1.29, 1.82) is 0 Å². The summed E-state index contributed by atoms with van der Waals surface area (Å²) in [6.45, 7) is 4.48. The lowest BCUT2D eigenvalue weighted by Crippen LogP contribution is -3.12. The summed E-state index contributed by atoms with van der Waals surface area (Å²) < 4.78 is 6.68. The van der Waals surface area contributed by atoms with Gasteiger partial charge in [0.05, 0.1) is 19.3 Å². The number of benzene rings is 1. The van der Waals surface area contributed by atoms with Crippen molar-refractivity contribution in [3.63, 3.8) is 0 Å². The molecule has 0 radical (unpaired) electrons. The van der Waals surface area contributed by atoms with Gasteiger partial charge in [-0.15, -0.1) is 0 Å². The molecule has 2 aromatic rings. The van der Waals surface area contributed by atoms with Gasteiger partial charge in [-0.05, 0) is 30.7 Å². The third-order valence-corrected chi connectivity index (χ3v) is 4.35. The molecular weight excluding hydrogens is 308 g/mol. The Balaban J connectivity index is 2.02. The number of aromatic nitrogens is 2. The number of anilines is 1. The van der Waals surface area contributed by atoms with Gasteiger partial charge < -0.3 is 15.0 Å². The van der Waals surface area contributed by atoms with Crippen LogP contribution in [0.2, 0.25) is 0 Å². The second-order valence-electron chi connectivity index (χ2n) is 6.00. The Kier molecular flexibility index (Phi) is 4.71. The predicted molar refractivity (Wildman–Crippen MR) is 92.1 cm³/mol. The molecule has 0 aliphatic carbocycles. The van der Waals surface area contributed by atoms with Gasteiger partial charge in [0.25, 0.3) is 5.56 Å². The molecule has 2 heterocycles. The molecule has 3 N–H and O–H groups in total. The normalized spacial score (nSPS) is 16.3. The van der Waals surface area contributed by atoms with Crippen molar-refractivity contribution in [2.24, 2.45) is 0 Å². The van der Waals surface area contributed by atoms with Crippen molar-refractivity contribution < 1.29 is 9.64 Å². The molecule has 0 bridgehead atoms. The van der Waals surface area contributed by atoms with Crippen LogP contribution in [0.5, 0.6) is 5.75 Å². The molecule has 0 spiro atoms. The minimum atomic E-state index is -0.437. The first-order chi connectivity index (χ1) is 11.6. The summed E-state index contributed by atoms with van der Waals surface area (Å²) in [7, 11) is 1.60. The Bertz CT molecular complexity index is 823. The zero-order valence-corrected chi connectivity index (χ0v) is 14.0. The predicted octanol–water partition coefficient (Wildman–Crippen LogP) is 0.102. The van der Waals surface area contributed by atoms with Crippen LogP contribution in [0.1, 0.15) is 25.3 Å². The Morgan fingerprint density at radius 3 is 2.67 bits per heavy atom. The van der Waals surface area contributed by atoms with E-state index in [1.807, 2.05) is 0 Å². The third-order valence-electron chi connectivity index (χ3n) is 4.35. The third kappa shape index (κ3) is 3.07. The van der Waals surface area contributed by atoms with Crippen LogP contribution in [-0.4, -0.2) is 29.9 Å². The van der Waals surface area contributed by atoms with Crippen LogP contribution >= 0.6 is 0 Å². The quantitative estimate of drug-likeness (QED) is 0.726. The maximum absolute atomic E-state index is 12.3. The maximum Gasteiger partial charge on any atom is 0.334 e. The summed E-state index contributed by atoms with van der Waals surface area (Å²) in [6, 6.07) is 7.19. The standard InChI is InChI=1S/C17H22N4O3/c1-3-4-9-20-10-14-15(18-11-20)21(17(23)19-16(14)22)12-5-7-13(24-2)8-6-12/h5-8,18H,3-4,9-11H2,1-2H3,(H,19,22,23)/p+1. The average Bonchev–Trinajstić information content (AvgIpc) is 2.60. The fourth-order valence-corrected chi connectivity index (χ4v) is 3.02. The second-order valence-corrected chi connectivity index (χ2v) is 6.00. The van der Waals surface area contributed by atoms with Crippen molar-refractivity contribution in [3.8, 4) is 11.4 Å². The highest BCUT2D eigenvalue weighted by atomic mass is 16.5. The molecule has 0 saturated carbocycles. The summed E-state index contributed by atoms with van der Waals surface area (Å²) in [5.41, 5.74) is 0.579. The second kappa shape index (κ2) is 6.92. The van der Waals surface area contributed by atoms with Gasteiger partial charge in [-0.3, -0.25) is 9.78 Å². The molecule has 1 aromatic heterocycles. The highest BCUT2D eigenvalue weighted by Crippen LogP contribution is 2.19. The summed E-state index contributed by atoms with van der Waals surface area (Å²) >= 11 is 0. The number of hydrogen-bond acceptors (Lipinski definition) is 4. The van der Waals surface area contributed by atoms with Crippen molar-refractivity contribution >= 4 is 5.82 Å². The van der Waals surface area contributed by atoms with E-state index in [0.29, 0.717) is 36.0 Å². The summed E-state index contributed by atoms with van der Waals surface area (Å²) in [5.74, 6) is 1.31. The maximum atomic E-state index is 12.3. The monoisotopic (exact) mass is 331 g/mol. The SMILES string of the molecule is CCCC[NH+]1CNc2c(c(=O)[nH]c(=O)n2-c2ccc(OC)cc2)C1. The van der Waals surface area contributed by atoms with Gasteiger partial charge in [0.15, 0.2) is 6.67 Å². The highest BCUT2D eigenvalue weighted by molar-refractivity contribution is 5.51. The lowest BCUT2D eigenvalue weighted by Gasteiger charge is -2.28. The largest absolute Gasteiger partial charge is 0.497 e. The Morgan fingerprint density at radius 1 is 1.25 bits per heavy atom. The van der Waals surface area contributed by atoms with Crippen LogP contribution < -0.4 is 26.2 Å². The van der Waals surface area contributed by atoms with E-state index in [1.165, 1.54) is 9.47 Å². The van der Waals surface area contributed by atoms with E-state index in [9.17, 15) is 9.59 Å². The number of rotatable bonds is 5. The average molecular weight is 331 g/mol. The van der Waals surface area contributed by atoms with Gasteiger partial charge in [-0.2, -0.15) is 0 Å². The zero-order chi connectivity index (χ0) is 17.1. The van der Waals surface area contributed by atoms with E-state index in [2.05, 4.69) is 17.2 Å². The van der Waals surface area contributed by atoms with Crippen LogP contribution in [0, 0.1) is 0 Å². The zero-order valence-electron chi connectivity index (χ0n) is 14.0. The first-order valence-corrected chi connectivity index (χ1v) is 8.24. The van der Waals surface area contributed by atoms with Gasteiger partial charge in [0.1, 0.15) is 23.7 Å². The van der Waals surface area contributed by atoms with Crippen LogP contribution in [0.25, 0.3) is 5.69 Å². The van der Waals surface area contributed by atoms with E-state index in [-0.39, 0.29) is 5.56 Å².